The number of benzene rings is 1. The molecule has 0 radical (unpaired) electrons. The summed E-state index contributed by atoms with van der Waals surface area (Å²) < 4.78 is 5.10. The lowest BCUT2D eigenvalue weighted by atomic mass is 9.63. The normalized spacial score (nSPS) is 30.1. The Hall–Kier alpha value is -2.31. The second-order valence-electron chi connectivity index (χ2n) is 8.08. The van der Waals surface area contributed by atoms with Gasteiger partial charge in [-0.05, 0) is 55.2 Å². The van der Waals surface area contributed by atoms with E-state index in [1.807, 2.05) is 13.8 Å². The van der Waals surface area contributed by atoms with Crippen molar-refractivity contribution >= 4 is 5.97 Å². The van der Waals surface area contributed by atoms with Crippen LogP contribution in [0.15, 0.2) is 42.0 Å². The van der Waals surface area contributed by atoms with Gasteiger partial charge in [-0.3, -0.25) is 0 Å². The molecule has 0 saturated heterocycles. The lowest BCUT2D eigenvalue weighted by molar-refractivity contribution is -0.182. The third-order valence-electron chi connectivity index (χ3n) is 5.94. The molecule has 4 N–H and O–H groups in total. The van der Waals surface area contributed by atoms with Crippen LogP contribution in [0.3, 0.4) is 0 Å². The van der Waals surface area contributed by atoms with Crippen LogP contribution in [0.5, 0.6) is 11.5 Å². The van der Waals surface area contributed by atoms with Gasteiger partial charge in [0.15, 0.2) is 0 Å². The molecule has 0 aromatic heterocycles. The van der Waals surface area contributed by atoms with Crippen LogP contribution in [0.2, 0.25) is 0 Å². The molecule has 1 aliphatic heterocycles. The molecule has 0 spiro atoms. The molecule has 6 nitrogen and oxygen atoms in total. The Morgan fingerprint density at radius 2 is 2.00 bits per heavy atom. The van der Waals surface area contributed by atoms with Gasteiger partial charge in [0.05, 0.1) is 11.7 Å². The second-order valence-corrected chi connectivity index (χ2v) is 8.08. The molecule has 2 aliphatic rings. The molecule has 3 atom stereocenters. The van der Waals surface area contributed by atoms with Crippen LogP contribution >= 0.6 is 0 Å². The van der Waals surface area contributed by atoms with Crippen molar-refractivity contribution in [3.63, 3.8) is 0 Å². The number of aliphatic hydroxyl groups excluding tert-OH is 1. The van der Waals surface area contributed by atoms with E-state index in [1.54, 1.807) is 0 Å². The molecule has 146 valence electrons. The number of esters is 1. The van der Waals surface area contributed by atoms with Gasteiger partial charge < -0.3 is 25.2 Å². The number of carbonyl (C=O) groups is 1. The topological polar surface area (TPSA) is 107 Å². The van der Waals surface area contributed by atoms with Crippen LogP contribution in [0.25, 0.3) is 0 Å². The summed E-state index contributed by atoms with van der Waals surface area (Å²) >= 11 is 0. The molecule has 1 aromatic rings. The number of ether oxygens (including phenoxy) is 1. The van der Waals surface area contributed by atoms with Gasteiger partial charge in [-0.15, -0.1) is 0 Å². The van der Waals surface area contributed by atoms with Crippen molar-refractivity contribution in [2.24, 2.45) is 11.3 Å². The van der Waals surface area contributed by atoms with Crippen LogP contribution in [0.1, 0.15) is 45.1 Å². The Bertz CT molecular complexity index is 809. The fourth-order valence-electron chi connectivity index (χ4n) is 4.15. The van der Waals surface area contributed by atoms with E-state index in [0.717, 1.165) is 18.1 Å². The van der Waals surface area contributed by atoms with Crippen molar-refractivity contribution in [3.8, 4) is 11.5 Å². The fourth-order valence-corrected chi connectivity index (χ4v) is 4.15. The van der Waals surface area contributed by atoms with Gasteiger partial charge in [0.2, 0.25) is 0 Å². The van der Waals surface area contributed by atoms with Crippen molar-refractivity contribution < 1.29 is 30.0 Å². The highest BCUT2D eigenvalue weighted by molar-refractivity contribution is 5.91. The number of rotatable bonds is 4. The summed E-state index contributed by atoms with van der Waals surface area (Å²) in [5.41, 5.74) is 0.906. The minimum absolute atomic E-state index is 0.0396. The van der Waals surface area contributed by atoms with E-state index in [4.69, 9.17) is 4.74 Å². The maximum atomic E-state index is 12.3. The van der Waals surface area contributed by atoms with Crippen LogP contribution in [0, 0.1) is 11.3 Å². The Balaban J connectivity index is 1.81. The second kappa shape index (κ2) is 6.69. The predicted molar refractivity (Wildman–Crippen MR) is 98.7 cm³/mol. The van der Waals surface area contributed by atoms with E-state index in [1.165, 1.54) is 18.2 Å². The molecule has 3 rings (SSSR count). The third kappa shape index (κ3) is 3.47. The SMILES string of the molecule is C=C1CC[C@H](O)C(C)(C)[C@@H]1CCC1=C[C@](O)(c2cc(O)ccc2O)OC1=O. The molecule has 27 heavy (non-hydrogen) atoms. The smallest absolute Gasteiger partial charge is 0.336 e. The van der Waals surface area contributed by atoms with Crippen LogP contribution in [-0.4, -0.2) is 32.5 Å². The predicted octanol–water partition coefficient (Wildman–Crippen LogP) is 2.86. The highest BCUT2D eigenvalue weighted by Crippen LogP contribution is 2.47. The van der Waals surface area contributed by atoms with Crippen molar-refractivity contribution in [1.29, 1.82) is 0 Å². The van der Waals surface area contributed by atoms with E-state index >= 15 is 0 Å². The molecule has 0 bridgehead atoms. The quantitative estimate of drug-likeness (QED) is 0.367. The van der Waals surface area contributed by atoms with Crippen molar-refractivity contribution in [2.45, 2.75) is 51.4 Å². The maximum absolute atomic E-state index is 12.3. The Morgan fingerprint density at radius 3 is 2.70 bits per heavy atom. The number of allylic oxidation sites excluding steroid dienone is 1. The minimum Gasteiger partial charge on any atom is -0.508 e. The molecular formula is C21H26O6. The molecular weight excluding hydrogens is 348 g/mol. The average Bonchev–Trinajstić information content (AvgIpc) is 2.88. The third-order valence-corrected chi connectivity index (χ3v) is 5.94. The Kier molecular flexibility index (Phi) is 4.82. The zero-order valence-corrected chi connectivity index (χ0v) is 15.6. The first-order valence-corrected chi connectivity index (χ1v) is 9.10. The standard InChI is InChI=1S/C21H26O6/c1-12-4-9-18(24)20(2,3)15(12)7-5-13-11-21(26,27-19(13)25)16-10-14(22)6-8-17(16)23/h6,8,10-11,15,18,22-24,26H,1,4-5,7,9H2,2-3H3/t15-,18+,21-/m1/s1. The average molecular weight is 374 g/mol. The van der Waals surface area contributed by atoms with Gasteiger partial charge in [0.1, 0.15) is 11.5 Å². The van der Waals surface area contributed by atoms with Crippen LogP contribution in [-0.2, 0) is 15.3 Å². The summed E-state index contributed by atoms with van der Waals surface area (Å²) in [7, 11) is 0. The number of hydrogen-bond donors (Lipinski definition) is 4. The highest BCUT2D eigenvalue weighted by Gasteiger charge is 2.44. The van der Waals surface area contributed by atoms with E-state index < -0.39 is 17.9 Å². The molecule has 1 fully saturated rings. The number of phenolic OH excluding ortho intramolecular Hbond substituents is 2. The first-order chi connectivity index (χ1) is 12.5. The summed E-state index contributed by atoms with van der Waals surface area (Å²) in [6.07, 6.45) is 3.22. The van der Waals surface area contributed by atoms with E-state index in [2.05, 4.69) is 6.58 Å². The lowest BCUT2D eigenvalue weighted by Crippen LogP contribution is -2.41. The molecule has 0 amide bonds. The zero-order valence-electron chi connectivity index (χ0n) is 15.6. The number of hydrogen-bond acceptors (Lipinski definition) is 6. The molecule has 1 aliphatic carbocycles. The Morgan fingerprint density at radius 1 is 1.30 bits per heavy atom. The van der Waals surface area contributed by atoms with Crippen LogP contribution in [0.4, 0.5) is 0 Å². The van der Waals surface area contributed by atoms with Crippen LogP contribution < -0.4 is 0 Å². The van der Waals surface area contributed by atoms with Crippen molar-refractivity contribution in [1.82, 2.24) is 0 Å². The van der Waals surface area contributed by atoms with Crippen molar-refractivity contribution in [2.75, 3.05) is 0 Å². The molecule has 6 heteroatoms. The van der Waals surface area contributed by atoms with Gasteiger partial charge in [-0.2, -0.15) is 0 Å². The number of phenols is 2. The lowest BCUT2D eigenvalue weighted by Gasteiger charge is -2.44. The van der Waals surface area contributed by atoms with Gasteiger partial charge in [-0.25, -0.2) is 4.79 Å². The minimum atomic E-state index is -2.12. The Labute approximate surface area is 158 Å². The van der Waals surface area contributed by atoms with Gasteiger partial charge in [0.25, 0.3) is 5.79 Å². The van der Waals surface area contributed by atoms with Gasteiger partial charge in [0, 0.05) is 11.6 Å². The first kappa shape index (κ1) is 19.5. The number of aromatic hydroxyl groups is 2. The maximum Gasteiger partial charge on any atom is 0.336 e. The zero-order chi connectivity index (χ0) is 20.0. The summed E-state index contributed by atoms with van der Waals surface area (Å²) in [5.74, 6) is -3.19. The fraction of sp³-hybridized carbons (Fsp3) is 0.476. The monoisotopic (exact) mass is 374 g/mol. The van der Waals surface area contributed by atoms with Crippen molar-refractivity contribution in [3.05, 3.63) is 47.6 Å². The summed E-state index contributed by atoms with van der Waals surface area (Å²) in [6, 6.07) is 3.65. The van der Waals surface area contributed by atoms with E-state index in [0.29, 0.717) is 24.8 Å². The molecule has 1 heterocycles. The number of aliphatic hydroxyl groups is 2. The summed E-state index contributed by atoms with van der Waals surface area (Å²) in [6.45, 7) is 8.12. The number of carbonyl (C=O) groups excluding carboxylic acids is 1. The molecule has 1 saturated carbocycles. The molecule has 1 aromatic carbocycles. The van der Waals surface area contributed by atoms with Gasteiger partial charge in [-0.1, -0.05) is 26.0 Å². The molecule has 0 unspecified atom stereocenters. The van der Waals surface area contributed by atoms with Gasteiger partial charge >= 0.3 is 5.97 Å². The van der Waals surface area contributed by atoms with E-state index in [9.17, 15) is 25.2 Å². The first-order valence-electron chi connectivity index (χ1n) is 9.10. The summed E-state index contributed by atoms with van der Waals surface area (Å²) in [5, 5.41) is 40.6. The number of cyclic esters (lactones) is 1. The van der Waals surface area contributed by atoms with E-state index in [-0.39, 0.29) is 28.4 Å². The largest absolute Gasteiger partial charge is 0.508 e. The highest BCUT2D eigenvalue weighted by atomic mass is 16.7. The summed E-state index contributed by atoms with van der Waals surface area (Å²) in [4.78, 5) is 12.3.